The third kappa shape index (κ3) is 4.84. The van der Waals surface area contributed by atoms with E-state index in [0.717, 1.165) is 6.42 Å². The summed E-state index contributed by atoms with van der Waals surface area (Å²) < 4.78 is 0. The van der Waals surface area contributed by atoms with E-state index in [2.05, 4.69) is 30.3 Å². The molecule has 1 aliphatic carbocycles. The second kappa shape index (κ2) is 6.85. The molecule has 0 amide bonds. The maximum absolute atomic E-state index is 2.99. The zero-order chi connectivity index (χ0) is 8.81. The van der Waals surface area contributed by atoms with Crippen LogP contribution in [0.15, 0.2) is 24.4 Å². The van der Waals surface area contributed by atoms with Gasteiger partial charge in [0, 0.05) is 0 Å². The average molecular weight is 260 g/mol. The molecule has 2 rings (SSSR count). The molecule has 0 fully saturated rings. The summed E-state index contributed by atoms with van der Waals surface area (Å²) in [5.74, 6) is 0. The molecule has 1 nitrogen and oxygen atoms in total. The molecule has 1 aromatic rings. The molecular weight excluding hydrogens is 247 g/mol. The minimum Gasteiger partial charge on any atom is -0.484 e. The smallest absolute Gasteiger partial charge is 0.484 e. The van der Waals surface area contributed by atoms with Crippen molar-refractivity contribution in [2.75, 3.05) is 0 Å². The number of hydrogen-bond donors (Lipinski definition) is 1. The van der Waals surface area contributed by atoms with Crippen LogP contribution in [-0.2, 0) is 19.5 Å². The molecule has 0 radical (unpaired) electrons. The molecule has 0 bridgehead atoms. The van der Waals surface area contributed by atoms with E-state index in [4.69, 9.17) is 0 Å². The maximum Gasteiger partial charge on any atom is 2.00 e. The Balaban J connectivity index is 0.000000215. The Bertz CT molecular complexity index is 258. The van der Waals surface area contributed by atoms with Crippen molar-refractivity contribution < 1.29 is 19.5 Å². The van der Waals surface area contributed by atoms with Crippen LogP contribution in [-0.4, -0.2) is 4.98 Å². The van der Waals surface area contributed by atoms with E-state index in [1.807, 2.05) is 25.3 Å². The molecule has 1 heterocycles. The first-order chi connectivity index (χ1) is 5.80. The van der Waals surface area contributed by atoms with Gasteiger partial charge in [-0.05, 0) is 0 Å². The zero-order valence-corrected chi connectivity index (χ0v) is 9.61. The quantitative estimate of drug-likeness (QED) is 0.545. The molecule has 2 heteroatoms. The minimum atomic E-state index is 0. The third-order valence-electron chi connectivity index (χ3n) is 1.73. The van der Waals surface area contributed by atoms with Gasteiger partial charge in [-0.3, -0.25) is 6.08 Å². The summed E-state index contributed by atoms with van der Waals surface area (Å²) in [7, 11) is 0. The van der Waals surface area contributed by atoms with Gasteiger partial charge in [-0.15, -0.1) is 18.8 Å². The predicted molar refractivity (Wildman–Crippen MR) is 50.7 cm³/mol. The Morgan fingerprint density at radius 3 is 2.31 bits per heavy atom. The fourth-order valence-corrected chi connectivity index (χ4v) is 0.800. The number of aryl methyl sites for hydroxylation is 2. The summed E-state index contributed by atoms with van der Waals surface area (Å²) in [5.41, 5.74) is 2.49. The first-order valence-corrected chi connectivity index (χ1v) is 4.04. The van der Waals surface area contributed by atoms with Gasteiger partial charge in [-0.2, -0.15) is 17.2 Å². The maximum atomic E-state index is 2.99. The minimum absolute atomic E-state index is 0. The number of H-pyrrole nitrogens is 1. The predicted octanol–water partition coefficient (Wildman–Crippen LogP) is 2.73. The van der Waals surface area contributed by atoms with E-state index in [1.165, 1.54) is 11.1 Å². The van der Waals surface area contributed by atoms with Gasteiger partial charge in [0.25, 0.3) is 0 Å². The van der Waals surface area contributed by atoms with Crippen LogP contribution in [0.25, 0.3) is 0 Å². The second-order valence-electron chi connectivity index (χ2n) is 2.72. The van der Waals surface area contributed by atoms with Crippen molar-refractivity contribution in [3.8, 4) is 0 Å². The number of aromatic amines is 1. The van der Waals surface area contributed by atoms with Crippen molar-refractivity contribution in [1.82, 2.24) is 4.98 Å². The van der Waals surface area contributed by atoms with Crippen LogP contribution in [0.1, 0.15) is 17.5 Å². The average Bonchev–Trinajstić information content (AvgIpc) is 2.67. The van der Waals surface area contributed by atoms with Gasteiger partial charge in [-0.25, -0.2) is 12.2 Å². The van der Waals surface area contributed by atoms with Gasteiger partial charge in [-0.1, -0.05) is 13.8 Å². The Kier molecular flexibility index (Phi) is 6.53. The van der Waals surface area contributed by atoms with Crippen LogP contribution in [0.3, 0.4) is 0 Å². The van der Waals surface area contributed by atoms with Crippen molar-refractivity contribution in [3.05, 3.63) is 47.8 Å². The molecule has 13 heavy (non-hydrogen) atoms. The molecule has 0 atom stereocenters. The van der Waals surface area contributed by atoms with E-state index < -0.39 is 0 Å². The van der Waals surface area contributed by atoms with Gasteiger partial charge in [0.15, 0.2) is 0 Å². The molecule has 0 saturated heterocycles. The molecule has 0 unspecified atom stereocenters. The number of hydrogen-bond acceptors (Lipinski definition) is 0. The van der Waals surface area contributed by atoms with Crippen LogP contribution in [0.4, 0.5) is 0 Å². The third-order valence-corrected chi connectivity index (χ3v) is 1.73. The Morgan fingerprint density at radius 2 is 2.15 bits per heavy atom. The summed E-state index contributed by atoms with van der Waals surface area (Å²) in [6.45, 7) is 4.09. The standard InChI is InChI=1S/C6H8N.C5H5.Ru/c1-5-3-7-4-6(5)2;1-2-4-5-3-1;/h3,7H,1-2H3;1-3H,4H2;/q2*-1;+2. The molecule has 0 aromatic carbocycles. The number of nitrogens with one attached hydrogen (secondary N) is 1. The van der Waals surface area contributed by atoms with Crippen LogP contribution >= 0.6 is 0 Å². The number of aromatic nitrogens is 1. The van der Waals surface area contributed by atoms with Gasteiger partial charge in [0.2, 0.25) is 0 Å². The van der Waals surface area contributed by atoms with Crippen LogP contribution < -0.4 is 0 Å². The van der Waals surface area contributed by atoms with E-state index in [-0.39, 0.29) is 19.5 Å². The summed E-state index contributed by atoms with van der Waals surface area (Å²) in [4.78, 5) is 2.87. The molecular formula is C11H13NRu. The Morgan fingerprint density at radius 1 is 1.38 bits per heavy atom. The molecule has 1 N–H and O–H groups in total. The normalized spacial score (nSPS) is 11.8. The molecule has 70 valence electrons. The summed E-state index contributed by atoms with van der Waals surface area (Å²) in [5, 5.41) is 0. The molecule has 1 aromatic heterocycles. The van der Waals surface area contributed by atoms with Crippen LogP contribution in [0.2, 0.25) is 0 Å². The molecule has 1 aliphatic rings. The number of allylic oxidation sites excluding steroid dienone is 4. The fraction of sp³-hybridized carbons (Fsp3) is 0.273. The fourth-order valence-electron chi connectivity index (χ4n) is 0.800. The summed E-state index contributed by atoms with van der Waals surface area (Å²) >= 11 is 0. The molecule has 0 saturated carbocycles. The van der Waals surface area contributed by atoms with E-state index in [9.17, 15) is 0 Å². The van der Waals surface area contributed by atoms with Gasteiger partial charge < -0.3 is 4.98 Å². The van der Waals surface area contributed by atoms with Gasteiger partial charge in [0.1, 0.15) is 0 Å². The summed E-state index contributed by atoms with van der Waals surface area (Å²) in [6, 6.07) is 0. The van der Waals surface area contributed by atoms with Crippen LogP contribution in [0.5, 0.6) is 0 Å². The molecule has 0 spiro atoms. The summed E-state index contributed by atoms with van der Waals surface area (Å²) in [6.07, 6.45) is 14.9. The van der Waals surface area contributed by atoms with Crippen molar-refractivity contribution in [1.29, 1.82) is 0 Å². The van der Waals surface area contributed by atoms with Gasteiger partial charge in [0.05, 0.1) is 0 Å². The van der Waals surface area contributed by atoms with E-state index >= 15 is 0 Å². The first-order valence-electron chi connectivity index (χ1n) is 4.04. The SMILES string of the molecule is Cc1[c-][nH]cc1C.[C-]1=CC=CC1.[Ru+2]. The van der Waals surface area contributed by atoms with E-state index in [0.29, 0.717) is 0 Å². The topological polar surface area (TPSA) is 15.8 Å². The monoisotopic (exact) mass is 261 g/mol. The van der Waals surface area contributed by atoms with Gasteiger partial charge >= 0.3 is 19.5 Å². The number of rotatable bonds is 0. The van der Waals surface area contributed by atoms with E-state index in [1.54, 1.807) is 0 Å². The van der Waals surface area contributed by atoms with Crippen molar-refractivity contribution in [3.63, 3.8) is 0 Å². The molecule has 0 aliphatic heterocycles. The van der Waals surface area contributed by atoms with Crippen LogP contribution in [0, 0.1) is 26.1 Å². The van der Waals surface area contributed by atoms with Crippen molar-refractivity contribution >= 4 is 0 Å². The first kappa shape index (κ1) is 12.4. The van der Waals surface area contributed by atoms with Crippen molar-refractivity contribution in [2.24, 2.45) is 0 Å². The second-order valence-corrected chi connectivity index (χ2v) is 2.72. The largest absolute Gasteiger partial charge is 2.00 e. The Labute approximate surface area is 92.7 Å². The van der Waals surface area contributed by atoms with Crippen molar-refractivity contribution in [2.45, 2.75) is 20.3 Å². The Hall–Kier alpha value is -0.617. The zero-order valence-electron chi connectivity index (χ0n) is 7.87.